The maximum Gasteiger partial charge on any atom is 0.156 e. The van der Waals surface area contributed by atoms with Gasteiger partial charge in [-0.1, -0.05) is 6.07 Å². The first-order chi connectivity index (χ1) is 12.6. The van der Waals surface area contributed by atoms with Gasteiger partial charge in [0.15, 0.2) is 15.7 Å². The molecule has 9 heteroatoms. The van der Waals surface area contributed by atoms with Gasteiger partial charge in [-0.3, -0.25) is 5.10 Å². The monoisotopic (exact) mass is 393 g/mol. The fraction of sp³-hybridized carbons (Fsp3) is 0.556. The van der Waals surface area contributed by atoms with Gasteiger partial charge in [-0.15, -0.1) is 0 Å². The van der Waals surface area contributed by atoms with Crippen LogP contribution in [0.3, 0.4) is 0 Å². The van der Waals surface area contributed by atoms with Crippen LogP contribution in [0, 0.1) is 6.92 Å². The van der Waals surface area contributed by atoms with Gasteiger partial charge in [-0.05, 0) is 33.8 Å². The zero-order valence-corrected chi connectivity index (χ0v) is 17.2. The van der Waals surface area contributed by atoms with Crippen molar-refractivity contribution in [2.75, 3.05) is 36.2 Å². The molecule has 8 nitrogen and oxygen atoms in total. The molecule has 0 saturated carbocycles. The van der Waals surface area contributed by atoms with Crippen LogP contribution < -0.4 is 10.2 Å². The van der Waals surface area contributed by atoms with Gasteiger partial charge in [0.25, 0.3) is 0 Å². The summed E-state index contributed by atoms with van der Waals surface area (Å²) in [7, 11) is -3.36. The molecule has 1 aliphatic heterocycles. The Morgan fingerprint density at radius 3 is 2.70 bits per heavy atom. The van der Waals surface area contributed by atoms with E-state index in [2.05, 4.69) is 27.3 Å². The van der Waals surface area contributed by atoms with E-state index in [1.165, 1.54) is 6.26 Å². The zero-order chi connectivity index (χ0) is 19.8. The molecular formula is C18H27N5O3S. The average Bonchev–Trinajstić information content (AvgIpc) is 2.99. The molecule has 2 aromatic rings. The second-order valence-electron chi connectivity index (χ2n) is 7.53. The number of rotatable bonds is 5. The molecule has 2 N–H and O–H groups in total. The highest BCUT2D eigenvalue weighted by Crippen LogP contribution is 2.36. The second kappa shape index (κ2) is 7.12. The van der Waals surface area contributed by atoms with Crippen LogP contribution in [-0.4, -0.2) is 55.7 Å². The number of anilines is 3. The number of H-pyrrole nitrogens is 1. The quantitative estimate of drug-likeness (QED) is 0.804. The summed E-state index contributed by atoms with van der Waals surface area (Å²) in [5, 5.41) is 10.3. The van der Waals surface area contributed by atoms with Crippen molar-refractivity contribution in [1.82, 2.24) is 15.2 Å². The number of pyridine rings is 1. The van der Waals surface area contributed by atoms with Gasteiger partial charge in [0.05, 0.1) is 24.0 Å². The Bertz CT molecular complexity index is 923. The number of hydrogen-bond acceptors (Lipinski definition) is 7. The number of aromatic amines is 1. The Hall–Kier alpha value is -2.13. The van der Waals surface area contributed by atoms with Crippen molar-refractivity contribution in [2.45, 2.75) is 38.5 Å². The molecule has 0 bridgehead atoms. The molecule has 2 aromatic heterocycles. The van der Waals surface area contributed by atoms with Crippen molar-refractivity contribution in [2.24, 2.45) is 0 Å². The van der Waals surface area contributed by atoms with Crippen LogP contribution in [-0.2, 0) is 19.3 Å². The van der Waals surface area contributed by atoms with Crippen LogP contribution in [0.4, 0.5) is 17.5 Å². The normalized spacial score (nSPS) is 18.6. The molecule has 0 aromatic carbocycles. The van der Waals surface area contributed by atoms with Crippen molar-refractivity contribution in [3.63, 3.8) is 0 Å². The number of aromatic nitrogens is 3. The molecule has 1 atom stereocenters. The molecule has 148 valence electrons. The average molecular weight is 394 g/mol. The van der Waals surface area contributed by atoms with E-state index in [1.807, 2.05) is 25.1 Å². The van der Waals surface area contributed by atoms with E-state index >= 15 is 0 Å². The van der Waals surface area contributed by atoms with E-state index in [1.54, 1.807) is 13.8 Å². The lowest BCUT2D eigenvalue weighted by atomic mass is 10.0. The summed E-state index contributed by atoms with van der Waals surface area (Å²) in [6.07, 6.45) is 1.24. The molecule has 27 heavy (non-hydrogen) atoms. The lowest BCUT2D eigenvalue weighted by molar-refractivity contribution is 0.0985. The third-order valence-electron chi connectivity index (χ3n) is 5.07. The Morgan fingerprint density at radius 1 is 1.37 bits per heavy atom. The Kier molecular flexibility index (Phi) is 5.18. The zero-order valence-electron chi connectivity index (χ0n) is 16.4. The first-order valence-electron chi connectivity index (χ1n) is 8.94. The van der Waals surface area contributed by atoms with Gasteiger partial charge in [0, 0.05) is 30.1 Å². The van der Waals surface area contributed by atoms with Gasteiger partial charge < -0.3 is 15.0 Å². The molecule has 0 unspecified atom stereocenters. The Balaban J connectivity index is 2.07. The van der Waals surface area contributed by atoms with Gasteiger partial charge in [-0.2, -0.15) is 5.10 Å². The van der Waals surface area contributed by atoms with Crippen LogP contribution in [0.5, 0.6) is 0 Å². The minimum Gasteiger partial charge on any atom is -0.377 e. The van der Waals surface area contributed by atoms with Crippen LogP contribution in [0.15, 0.2) is 18.2 Å². The van der Waals surface area contributed by atoms with E-state index in [-0.39, 0.29) is 6.04 Å². The van der Waals surface area contributed by atoms with Crippen LogP contribution >= 0.6 is 0 Å². The number of aryl methyl sites for hydroxylation is 1. The highest BCUT2D eigenvalue weighted by atomic mass is 32.2. The predicted octanol–water partition coefficient (Wildman–Crippen LogP) is 2.36. The summed E-state index contributed by atoms with van der Waals surface area (Å²) in [6, 6.07) is 5.77. The fourth-order valence-corrected chi connectivity index (χ4v) is 3.62. The Labute approximate surface area is 160 Å². The van der Waals surface area contributed by atoms with E-state index in [9.17, 15) is 8.42 Å². The summed E-state index contributed by atoms with van der Waals surface area (Å²) in [6.45, 7) is 9.39. The maximum atomic E-state index is 12.4. The number of sulfone groups is 1. The second-order valence-corrected chi connectivity index (χ2v) is 10.1. The third-order valence-corrected chi connectivity index (χ3v) is 7.14. The lowest BCUT2D eigenvalue weighted by Crippen LogP contribution is -2.44. The smallest absolute Gasteiger partial charge is 0.156 e. The standard InChI is InChI=1S/C18H27N5O3S/c1-12-10-15(22-21-12)19-17-14(18(3,4)27(5,24)25)6-7-16(20-17)23-8-9-26-11-13(23)2/h6-7,10,13H,8-9,11H2,1-5H3,(H2,19,20,21,22)/t13-/m1/s1. The number of nitrogens with one attached hydrogen (secondary N) is 2. The van der Waals surface area contributed by atoms with Gasteiger partial charge in [-0.25, -0.2) is 13.4 Å². The van der Waals surface area contributed by atoms with Crippen molar-refractivity contribution in [3.8, 4) is 0 Å². The van der Waals surface area contributed by atoms with Gasteiger partial charge in [0.1, 0.15) is 11.6 Å². The molecule has 0 radical (unpaired) electrons. The van der Waals surface area contributed by atoms with Crippen molar-refractivity contribution >= 4 is 27.3 Å². The van der Waals surface area contributed by atoms with Crippen molar-refractivity contribution in [3.05, 3.63) is 29.5 Å². The van der Waals surface area contributed by atoms with Crippen LogP contribution in [0.1, 0.15) is 32.0 Å². The SMILES string of the molecule is Cc1cc(Nc2nc(N3CCOC[C@H]3C)ccc2C(C)(C)S(C)(=O)=O)n[nH]1. The highest BCUT2D eigenvalue weighted by molar-refractivity contribution is 7.91. The molecule has 3 rings (SSSR count). The van der Waals surface area contributed by atoms with E-state index in [0.717, 1.165) is 18.1 Å². The maximum absolute atomic E-state index is 12.4. The van der Waals surface area contributed by atoms with Crippen molar-refractivity contribution in [1.29, 1.82) is 0 Å². The Morgan fingerprint density at radius 2 is 2.11 bits per heavy atom. The molecule has 1 saturated heterocycles. The molecule has 0 spiro atoms. The summed E-state index contributed by atoms with van der Waals surface area (Å²) in [5.41, 5.74) is 1.51. The number of ether oxygens (including phenoxy) is 1. The van der Waals surface area contributed by atoms with Crippen molar-refractivity contribution < 1.29 is 13.2 Å². The van der Waals surface area contributed by atoms with E-state index < -0.39 is 14.6 Å². The summed E-state index contributed by atoms with van der Waals surface area (Å²) >= 11 is 0. The van der Waals surface area contributed by atoms with E-state index in [0.29, 0.717) is 30.4 Å². The largest absolute Gasteiger partial charge is 0.377 e. The molecule has 0 aliphatic carbocycles. The van der Waals surface area contributed by atoms with E-state index in [4.69, 9.17) is 9.72 Å². The topological polar surface area (TPSA) is 100 Å². The summed E-state index contributed by atoms with van der Waals surface area (Å²) in [5.74, 6) is 1.87. The number of hydrogen-bond donors (Lipinski definition) is 2. The molecule has 1 fully saturated rings. The molecule has 3 heterocycles. The van der Waals surface area contributed by atoms with Gasteiger partial charge in [0.2, 0.25) is 0 Å². The fourth-order valence-electron chi connectivity index (χ4n) is 3.06. The first-order valence-corrected chi connectivity index (χ1v) is 10.8. The van der Waals surface area contributed by atoms with Crippen LogP contribution in [0.25, 0.3) is 0 Å². The minimum absolute atomic E-state index is 0.195. The summed E-state index contributed by atoms with van der Waals surface area (Å²) in [4.78, 5) is 6.94. The molecule has 0 amide bonds. The molecule has 1 aliphatic rings. The highest BCUT2D eigenvalue weighted by Gasteiger charge is 2.36. The van der Waals surface area contributed by atoms with Gasteiger partial charge >= 0.3 is 0 Å². The summed E-state index contributed by atoms with van der Waals surface area (Å²) < 4.78 is 29.2. The number of nitrogens with zero attached hydrogens (tertiary/aromatic N) is 3. The minimum atomic E-state index is -3.36. The first kappa shape index (κ1) is 19.6. The molecular weight excluding hydrogens is 366 g/mol. The third kappa shape index (κ3) is 3.93. The predicted molar refractivity (Wildman–Crippen MR) is 106 cm³/mol. The van der Waals surface area contributed by atoms with Crippen LogP contribution in [0.2, 0.25) is 0 Å². The lowest BCUT2D eigenvalue weighted by Gasteiger charge is -2.35. The number of morpholine rings is 1.